The summed E-state index contributed by atoms with van der Waals surface area (Å²) in [5, 5.41) is 33.4. The van der Waals surface area contributed by atoms with Crippen molar-refractivity contribution in [2.45, 2.75) is 58.7 Å². The lowest BCUT2D eigenvalue weighted by atomic mass is 9.87. The summed E-state index contributed by atoms with van der Waals surface area (Å²) in [5.74, 6) is -2.74. The first-order valence-electron chi connectivity index (χ1n) is 13.0. The highest BCUT2D eigenvalue weighted by Crippen LogP contribution is 2.29. The Balaban J connectivity index is 0.000000455. The molecule has 6 N–H and O–H groups in total. The summed E-state index contributed by atoms with van der Waals surface area (Å²) in [4.78, 5) is 39.5. The molecule has 1 aromatic carbocycles. The number of aromatic nitrogens is 1. The molecular weight excluding hydrogens is 506 g/mol. The number of benzene rings is 1. The Morgan fingerprint density at radius 2 is 1.74 bits per heavy atom. The predicted molar refractivity (Wildman–Crippen MR) is 147 cm³/mol. The minimum atomic E-state index is -2.27. The topological polar surface area (TPSA) is 184 Å². The molecule has 3 rings (SSSR count). The molecule has 39 heavy (non-hydrogen) atoms. The second kappa shape index (κ2) is 14.3. The fraction of sp³-hybridized carbons (Fsp3) is 0.571. The number of aliphatic hydroxyl groups is 2. The summed E-state index contributed by atoms with van der Waals surface area (Å²) in [6.07, 6.45) is 1.05. The summed E-state index contributed by atoms with van der Waals surface area (Å²) >= 11 is 0. The number of methoxy groups -OCH3 is 1. The minimum absolute atomic E-state index is 0.179. The van der Waals surface area contributed by atoms with Crippen LogP contribution < -0.4 is 5.73 Å². The molecule has 0 bridgehead atoms. The van der Waals surface area contributed by atoms with Crippen LogP contribution in [-0.2, 0) is 14.3 Å². The minimum Gasteiger partial charge on any atom is -0.479 e. The van der Waals surface area contributed by atoms with Crippen molar-refractivity contribution >= 4 is 34.3 Å². The molecule has 0 aliphatic carbocycles. The predicted octanol–water partition coefficient (Wildman–Crippen LogP) is 2.35. The zero-order chi connectivity index (χ0) is 29.3. The van der Waals surface area contributed by atoms with Gasteiger partial charge in [-0.05, 0) is 69.0 Å². The van der Waals surface area contributed by atoms with E-state index in [2.05, 4.69) is 23.7 Å². The van der Waals surface area contributed by atoms with Crippen LogP contribution in [0.15, 0.2) is 24.4 Å². The maximum atomic E-state index is 13.0. The number of carbonyl (C=O) groups excluding carboxylic acids is 1. The molecule has 11 heteroatoms. The number of carboxylic acid groups (broad SMARTS) is 2. The van der Waals surface area contributed by atoms with Gasteiger partial charge in [-0.3, -0.25) is 9.78 Å². The Hall–Kier alpha value is -3.12. The summed E-state index contributed by atoms with van der Waals surface area (Å²) in [6.45, 7) is 10.5. The van der Waals surface area contributed by atoms with Gasteiger partial charge in [-0.25, -0.2) is 9.59 Å². The molecule has 0 spiro atoms. The van der Waals surface area contributed by atoms with Gasteiger partial charge in [-0.1, -0.05) is 13.8 Å². The third kappa shape index (κ3) is 9.24. The number of aryl methyl sites for hydroxylation is 1. The van der Waals surface area contributed by atoms with Crippen molar-refractivity contribution in [2.75, 3.05) is 39.1 Å². The number of rotatable bonds is 11. The number of piperidine rings is 1. The highest BCUT2D eigenvalue weighted by atomic mass is 16.5. The van der Waals surface area contributed by atoms with Gasteiger partial charge >= 0.3 is 11.9 Å². The van der Waals surface area contributed by atoms with E-state index in [1.807, 2.05) is 25.1 Å². The van der Waals surface area contributed by atoms with E-state index in [1.54, 1.807) is 13.3 Å². The molecule has 1 aliphatic heterocycles. The molecule has 1 aliphatic rings. The molecule has 11 nitrogen and oxygen atoms in total. The fourth-order valence-corrected chi connectivity index (χ4v) is 4.84. The smallest absolute Gasteiger partial charge is 0.335 e. The number of Topliss-reactive ketones (excluding diaryl/α,β-unsaturated/α-hetero) is 1. The molecule has 2 unspecified atom stereocenters. The van der Waals surface area contributed by atoms with E-state index in [9.17, 15) is 14.4 Å². The Kier molecular flexibility index (Phi) is 11.8. The molecule has 2 atom stereocenters. The van der Waals surface area contributed by atoms with Gasteiger partial charge in [0.15, 0.2) is 18.0 Å². The van der Waals surface area contributed by atoms with Crippen molar-refractivity contribution in [1.29, 1.82) is 0 Å². The lowest BCUT2D eigenvalue weighted by Gasteiger charge is -2.37. The lowest BCUT2D eigenvalue weighted by Crippen LogP contribution is -2.41. The summed E-state index contributed by atoms with van der Waals surface area (Å²) in [6, 6.07) is 5.73. The molecule has 0 saturated carbocycles. The third-order valence-corrected chi connectivity index (χ3v) is 6.92. The van der Waals surface area contributed by atoms with E-state index in [4.69, 9.17) is 30.9 Å². The standard InChI is InChI=1S/C24H35N3O2.C4H6O6/c1-17-14-20(23-19(22(17)25)6-5-11-26-23)21(28)8-7-18-9-12-27(13-10-18)15-24(2,3)16-29-4;5-1(3(7)8)2(6)4(9)10/h5-6,11,14,18H,7-10,12-13,15-16,25H2,1-4H3;1-2,5-6H,(H,7,8)(H,9,10). The van der Waals surface area contributed by atoms with Gasteiger partial charge in [0.1, 0.15) is 0 Å². The van der Waals surface area contributed by atoms with E-state index in [0.29, 0.717) is 23.6 Å². The molecular formula is C28H41N3O8. The normalized spacial score (nSPS) is 16.3. The van der Waals surface area contributed by atoms with Crippen LogP contribution in [0.2, 0.25) is 0 Å². The first kappa shape index (κ1) is 32.1. The summed E-state index contributed by atoms with van der Waals surface area (Å²) in [5.41, 5.74) is 9.48. The molecule has 216 valence electrons. The first-order valence-corrected chi connectivity index (χ1v) is 13.0. The monoisotopic (exact) mass is 547 g/mol. The highest BCUT2D eigenvalue weighted by Gasteiger charge is 2.29. The number of aliphatic hydroxyl groups excluding tert-OH is 2. The van der Waals surface area contributed by atoms with Crippen LogP contribution in [0.5, 0.6) is 0 Å². The highest BCUT2D eigenvalue weighted by molar-refractivity contribution is 6.10. The number of fused-ring (bicyclic) bond motifs is 1. The van der Waals surface area contributed by atoms with Gasteiger partial charge in [0.25, 0.3) is 0 Å². The van der Waals surface area contributed by atoms with Crippen molar-refractivity contribution in [1.82, 2.24) is 9.88 Å². The van der Waals surface area contributed by atoms with Gasteiger partial charge in [0.05, 0.1) is 12.1 Å². The molecule has 0 radical (unpaired) electrons. The van der Waals surface area contributed by atoms with Crippen LogP contribution in [0.3, 0.4) is 0 Å². The van der Waals surface area contributed by atoms with Gasteiger partial charge < -0.3 is 35.8 Å². The average molecular weight is 548 g/mol. The Morgan fingerprint density at radius 1 is 1.15 bits per heavy atom. The number of ether oxygens (including phenoxy) is 1. The van der Waals surface area contributed by atoms with Crippen LogP contribution in [0.1, 0.15) is 55.5 Å². The quantitative estimate of drug-likeness (QED) is 0.205. The van der Waals surface area contributed by atoms with Crippen LogP contribution in [0.25, 0.3) is 10.9 Å². The first-order chi connectivity index (χ1) is 18.3. The Bertz CT molecular complexity index is 1130. The Labute approximate surface area is 228 Å². The zero-order valence-electron chi connectivity index (χ0n) is 23.1. The molecule has 1 saturated heterocycles. The number of carboxylic acids is 2. The number of ketones is 1. The maximum absolute atomic E-state index is 13.0. The van der Waals surface area contributed by atoms with Crippen LogP contribution >= 0.6 is 0 Å². The fourth-order valence-electron chi connectivity index (χ4n) is 4.84. The number of carbonyl (C=O) groups is 3. The van der Waals surface area contributed by atoms with Crippen LogP contribution in [-0.4, -0.2) is 93.6 Å². The molecule has 2 aromatic rings. The molecule has 1 aromatic heterocycles. The van der Waals surface area contributed by atoms with E-state index in [-0.39, 0.29) is 11.2 Å². The van der Waals surface area contributed by atoms with Gasteiger partial charge in [-0.15, -0.1) is 0 Å². The third-order valence-electron chi connectivity index (χ3n) is 6.92. The number of nitrogens with two attached hydrogens (primary N) is 1. The number of pyridine rings is 1. The van der Waals surface area contributed by atoms with Crippen molar-refractivity contribution in [3.63, 3.8) is 0 Å². The van der Waals surface area contributed by atoms with Crippen molar-refractivity contribution < 1.29 is 39.5 Å². The van der Waals surface area contributed by atoms with E-state index >= 15 is 0 Å². The largest absolute Gasteiger partial charge is 0.479 e. The van der Waals surface area contributed by atoms with Crippen molar-refractivity contribution in [3.05, 3.63) is 35.5 Å². The SMILES string of the molecule is COCC(C)(C)CN1CCC(CCC(=O)c2cc(C)c(N)c3cccnc23)CC1.O=C(O)C(O)C(O)C(=O)O. The zero-order valence-corrected chi connectivity index (χ0v) is 23.1. The van der Waals surface area contributed by atoms with Gasteiger partial charge in [-0.2, -0.15) is 0 Å². The average Bonchev–Trinajstić information content (AvgIpc) is 2.89. The number of nitrogens with zero attached hydrogens (tertiary/aromatic N) is 2. The molecule has 0 amide bonds. The number of aliphatic carboxylic acids is 2. The van der Waals surface area contributed by atoms with Crippen LogP contribution in [0.4, 0.5) is 5.69 Å². The van der Waals surface area contributed by atoms with E-state index < -0.39 is 24.1 Å². The maximum Gasteiger partial charge on any atom is 0.335 e. The summed E-state index contributed by atoms with van der Waals surface area (Å²) in [7, 11) is 1.77. The van der Waals surface area contributed by atoms with Crippen LogP contribution in [0, 0.1) is 18.3 Å². The summed E-state index contributed by atoms with van der Waals surface area (Å²) < 4.78 is 5.35. The second-order valence-electron chi connectivity index (χ2n) is 10.9. The number of hydrogen-bond donors (Lipinski definition) is 5. The lowest BCUT2D eigenvalue weighted by molar-refractivity contribution is -0.165. The number of likely N-dealkylation sites (tertiary alicyclic amines) is 1. The van der Waals surface area contributed by atoms with Gasteiger partial charge in [0.2, 0.25) is 0 Å². The second-order valence-corrected chi connectivity index (χ2v) is 10.9. The van der Waals surface area contributed by atoms with E-state index in [1.165, 1.54) is 0 Å². The Morgan fingerprint density at radius 3 is 2.28 bits per heavy atom. The molecule has 2 heterocycles. The molecule has 1 fully saturated rings. The van der Waals surface area contributed by atoms with Crippen molar-refractivity contribution in [3.8, 4) is 0 Å². The number of hydrogen-bond acceptors (Lipinski definition) is 9. The van der Waals surface area contributed by atoms with Crippen molar-refractivity contribution in [2.24, 2.45) is 11.3 Å². The van der Waals surface area contributed by atoms with Gasteiger partial charge in [0, 0.05) is 48.3 Å². The number of anilines is 1. The van der Waals surface area contributed by atoms with E-state index in [0.717, 1.165) is 62.0 Å². The number of nitrogen functional groups attached to an aromatic ring is 1.